The summed E-state index contributed by atoms with van der Waals surface area (Å²) in [7, 11) is 0. The van der Waals surface area contributed by atoms with Crippen molar-refractivity contribution in [2.45, 2.75) is 77.2 Å². The van der Waals surface area contributed by atoms with Crippen molar-refractivity contribution in [3.63, 3.8) is 0 Å². The summed E-state index contributed by atoms with van der Waals surface area (Å²) in [4.78, 5) is 11.0. The highest BCUT2D eigenvalue weighted by Crippen LogP contribution is 2.19. The lowest BCUT2D eigenvalue weighted by Crippen LogP contribution is -2.23. The van der Waals surface area contributed by atoms with Gasteiger partial charge in [-0.3, -0.25) is 4.79 Å². The molecule has 15 heavy (non-hydrogen) atoms. The van der Waals surface area contributed by atoms with Crippen LogP contribution in [-0.2, 0) is 9.53 Å². The van der Waals surface area contributed by atoms with Gasteiger partial charge in [0.05, 0.1) is 0 Å². The highest BCUT2D eigenvalue weighted by Gasteiger charge is 2.19. The van der Waals surface area contributed by atoms with Crippen LogP contribution in [0, 0.1) is 0 Å². The molecule has 88 valence electrons. The van der Waals surface area contributed by atoms with Gasteiger partial charge in [0.25, 0.3) is 0 Å². The van der Waals surface area contributed by atoms with E-state index in [9.17, 15) is 4.79 Å². The minimum atomic E-state index is 0.0113. The number of carbonyl (C=O) groups is 1. The highest BCUT2D eigenvalue weighted by molar-refractivity contribution is 5.70. The number of rotatable bonds is 7. The van der Waals surface area contributed by atoms with E-state index in [0.29, 0.717) is 6.42 Å². The Hall–Kier alpha value is -0.530. The predicted octanol–water partition coefficient (Wildman–Crippen LogP) is 3.83. The van der Waals surface area contributed by atoms with E-state index >= 15 is 0 Å². The van der Waals surface area contributed by atoms with E-state index < -0.39 is 0 Å². The molecule has 0 bridgehead atoms. The highest BCUT2D eigenvalue weighted by atomic mass is 16.5. The molecule has 0 spiro atoms. The normalized spacial score (nSPS) is 21.4. The first-order valence-electron chi connectivity index (χ1n) is 6.52. The molecule has 0 aromatic rings. The van der Waals surface area contributed by atoms with Gasteiger partial charge in [0, 0.05) is 6.42 Å². The summed E-state index contributed by atoms with van der Waals surface area (Å²) in [5, 5.41) is 0. The van der Waals surface area contributed by atoms with Crippen LogP contribution in [0.1, 0.15) is 71.1 Å². The number of hydrogen-bond acceptors (Lipinski definition) is 2. The molecule has 0 aromatic carbocycles. The van der Waals surface area contributed by atoms with Crippen molar-refractivity contribution in [3.05, 3.63) is 0 Å². The fourth-order valence-electron chi connectivity index (χ4n) is 2.13. The van der Waals surface area contributed by atoms with Crippen molar-refractivity contribution >= 4 is 5.97 Å². The Kier molecular flexibility index (Phi) is 6.45. The molecule has 2 nitrogen and oxygen atoms in total. The van der Waals surface area contributed by atoms with Gasteiger partial charge in [-0.2, -0.15) is 0 Å². The van der Waals surface area contributed by atoms with Crippen molar-refractivity contribution in [2.24, 2.45) is 0 Å². The zero-order valence-corrected chi connectivity index (χ0v) is 9.96. The van der Waals surface area contributed by atoms with E-state index in [0.717, 1.165) is 19.3 Å². The predicted molar refractivity (Wildman–Crippen MR) is 61.7 cm³/mol. The van der Waals surface area contributed by atoms with Gasteiger partial charge in [0.1, 0.15) is 6.10 Å². The minimum absolute atomic E-state index is 0.0113. The maximum Gasteiger partial charge on any atom is 0.306 e. The van der Waals surface area contributed by atoms with Crippen LogP contribution < -0.4 is 0 Å². The van der Waals surface area contributed by atoms with E-state index in [1.54, 1.807) is 0 Å². The van der Waals surface area contributed by atoms with Crippen LogP contribution in [0.25, 0.3) is 0 Å². The van der Waals surface area contributed by atoms with Gasteiger partial charge in [0.2, 0.25) is 0 Å². The molecule has 1 atom stereocenters. The Morgan fingerprint density at radius 1 is 1.20 bits per heavy atom. The third kappa shape index (κ3) is 5.81. The van der Waals surface area contributed by atoms with Gasteiger partial charge in [-0.15, -0.1) is 0 Å². The molecule has 1 fully saturated rings. The van der Waals surface area contributed by atoms with Gasteiger partial charge in [-0.1, -0.05) is 39.0 Å². The molecular weight excluding hydrogens is 188 g/mol. The number of unbranched alkanes of at least 4 members (excludes halogenated alkanes) is 5. The zero-order chi connectivity index (χ0) is 10.9. The van der Waals surface area contributed by atoms with Crippen LogP contribution in [-0.4, -0.2) is 12.1 Å². The Labute approximate surface area is 93.4 Å². The third-order valence-electron chi connectivity index (χ3n) is 3.08. The largest absolute Gasteiger partial charge is 0.462 e. The second-order valence-corrected chi connectivity index (χ2v) is 4.56. The molecule has 1 aliphatic rings. The van der Waals surface area contributed by atoms with Crippen molar-refractivity contribution in [3.8, 4) is 0 Å². The van der Waals surface area contributed by atoms with Crippen LogP contribution >= 0.6 is 0 Å². The Morgan fingerprint density at radius 2 is 1.93 bits per heavy atom. The summed E-state index contributed by atoms with van der Waals surface area (Å²) < 4.78 is 5.28. The summed E-state index contributed by atoms with van der Waals surface area (Å²) in [6, 6.07) is 0. The summed E-state index contributed by atoms with van der Waals surface area (Å²) in [6.07, 6.45) is 12.0. The molecular formula is C13H24O2. The Morgan fingerprint density at radius 3 is 2.67 bits per heavy atom. The molecule has 1 aliphatic heterocycles. The number of esters is 1. The van der Waals surface area contributed by atoms with Crippen LogP contribution in [0.4, 0.5) is 0 Å². The monoisotopic (exact) mass is 212 g/mol. The maximum absolute atomic E-state index is 11.0. The Bertz CT molecular complexity index is 177. The van der Waals surface area contributed by atoms with Gasteiger partial charge >= 0.3 is 5.97 Å². The second kappa shape index (κ2) is 7.72. The first-order chi connectivity index (χ1) is 7.33. The van der Waals surface area contributed by atoms with Gasteiger partial charge in [-0.05, 0) is 25.7 Å². The molecule has 1 rings (SSSR count). The van der Waals surface area contributed by atoms with Gasteiger partial charge < -0.3 is 4.74 Å². The summed E-state index contributed by atoms with van der Waals surface area (Å²) in [6.45, 7) is 2.24. The third-order valence-corrected chi connectivity index (χ3v) is 3.08. The molecule has 0 aliphatic carbocycles. The lowest BCUT2D eigenvalue weighted by molar-refractivity contribution is -0.154. The number of cyclic esters (lactones) is 1. The minimum Gasteiger partial charge on any atom is -0.462 e. The first kappa shape index (κ1) is 12.5. The molecule has 1 heterocycles. The molecule has 0 N–H and O–H groups in total. The average Bonchev–Trinajstić information content (AvgIpc) is 2.23. The zero-order valence-electron chi connectivity index (χ0n) is 9.96. The second-order valence-electron chi connectivity index (χ2n) is 4.56. The van der Waals surface area contributed by atoms with Gasteiger partial charge in [0.15, 0.2) is 0 Å². The topological polar surface area (TPSA) is 26.3 Å². The van der Waals surface area contributed by atoms with Gasteiger partial charge in [-0.25, -0.2) is 0 Å². The smallest absolute Gasteiger partial charge is 0.306 e. The van der Waals surface area contributed by atoms with Crippen molar-refractivity contribution in [1.82, 2.24) is 0 Å². The lowest BCUT2D eigenvalue weighted by atomic mass is 10.0. The molecule has 0 radical (unpaired) electrons. The van der Waals surface area contributed by atoms with E-state index in [1.807, 2.05) is 0 Å². The summed E-state index contributed by atoms with van der Waals surface area (Å²) >= 11 is 0. The van der Waals surface area contributed by atoms with Crippen LogP contribution in [0.2, 0.25) is 0 Å². The van der Waals surface area contributed by atoms with Crippen LogP contribution in [0.5, 0.6) is 0 Å². The van der Waals surface area contributed by atoms with E-state index in [2.05, 4.69) is 6.92 Å². The summed E-state index contributed by atoms with van der Waals surface area (Å²) in [5.74, 6) is 0.0113. The number of ether oxygens (including phenoxy) is 1. The number of carbonyl (C=O) groups excluding carboxylic acids is 1. The van der Waals surface area contributed by atoms with Crippen molar-refractivity contribution < 1.29 is 9.53 Å². The molecule has 1 saturated heterocycles. The van der Waals surface area contributed by atoms with E-state index in [4.69, 9.17) is 4.74 Å². The molecule has 0 aromatic heterocycles. The molecule has 0 saturated carbocycles. The lowest BCUT2D eigenvalue weighted by Gasteiger charge is -2.21. The molecule has 0 unspecified atom stereocenters. The SMILES string of the molecule is CCCCCCCC[C@H]1CCCC(=O)O1. The van der Waals surface area contributed by atoms with E-state index in [1.165, 1.54) is 38.5 Å². The Balaban J connectivity index is 1.92. The van der Waals surface area contributed by atoms with Crippen LogP contribution in [0.15, 0.2) is 0 Å². The standard InChI is InChI=1S/C13H24O2/c1-2-3-4-5-6-7-9-12-10-8-11-13(14)15-12/h12H,2-11H2,1H3/t12-/m0/s1. The average molecular weight is 212 g/mol. The summed E-state index contributed by atoms with van der Waals surface area (Å²) in [5.41, 5.74) is 0. The van der Waals surface area contributed by atoms with Crippen molar-refractivity contribution in [1.29, 1.82) is 0 Å². The quantitative estimate of drug-likeness (QED) is 0.473. The van der Waals surface area contributed by atoms with Crippen molar-refractivity contribution in [2.75, 3.05) is 0 Å². The maximum atomic E-state index is 11.0. The first-order valence-corrected chi connectivity index (χ1v) is 6.52. The number of hydrogen-bond donors (Lipinski definition) is 0. The fraction of sp³-hybridized carbons (Fsp3) is 0.923. The molecule has 2 heteroatoms. The van der Waals surface area contributed by atoms with Crippen LogP contribution in [0.3, 0.4) is 0 Å². The van der Waals surface area contributed by atoms with E-state index in [-0.39, 0.29) is 12.1 Å². The molecule has 0 amide bonds. The fourth-order valence-corrected chi connectivity index (χ4v) is 2.13.